The molecule has 0 aromatic heterocycles. The van der Waals surface area contributed by atoms with Crippen molar-refractivity contribution in [3.8, 4) is 0 Å². The fourth-order valence-electron chi connectivity index (χ4n) is 9.44. The van der Waals surface area contributed by atoms with E-state index < -0.39 is 0 Å². The molecule has 5 aliphatic rings. The lowest BCUT2D eigenvalue weighted by Crippen LogP contribution is -2.55. The molecule has 0 radical (unpaired) electrons. The highest BCUT2D eigenvalue weighted by Gasteiger charge is 2.68. The maximum Gasteiger partial charge on any atom is 0.136 e. The Morgan fingerprint density at radius 3 is 2.67 bits per heavy atom. The van der Waals surface area contributed by atoms with Crippen LogP contribution in [0.25, 0.3) is 0 Å². The predicted octanol–water partition coefficient (Wildman–Crippen LogP) is 5.69. The van der Waals surface area contributed by atoms with Gasteiger partial charge in [0.05, 0.1) is 6.10 Å². The SMILES string of the molecule is CC(=O)[C@@]12CCCC[C@@H]1C[C@H]1[C@@H]3CC=C4C[C@@H](O)CC[C@]4(C)[C@@H]3CC[C@@]12C. The van der Waals surface area contributed by atoms with Gasteiger partial charge in [-0.1, -0.05) is 38.3 Å². The molecule has 0 aromatic carbocycles. The summed E-state index contributed by atoms with van der Waals surface area (Å²) in [6.45, 7) is 6.94. The molecule has 4 fully saturated rings. The Morgan fingerprint density at radius 1 is 1.07 bits per heavy atom. The van der Waals surface area contributed by atoms with E-state index in [0.29, 0.717) is 17.1 Å². The predicted molar refractivity (Wildman–Crippen MR) is 108 cm³/mol. The molecule has 27 heavy (non-hydrogen) atoms. The third-order valence-corrected chi connectivity index (χ3v) is 10.7. The first-order valence-corrected chi connectivity index (χ1v) is 11.7. The third-order valence-electron chi connectivity index (χ3n) is 10.7. The monoisotopic (exact) mass is 370 g/mol. The topological polar surface area (TPSA) is 37.3 Å². The summed E-state index contributed by atoms with van der Waals surface area (Å²) in [6.07, 6.45) is 15.5. The van der Waals surface area contributed by atoms with E-state index in [1.807, 2.05) is 6.92 Å². The van der Waals surface area contributed by atoms with Crippen LogP contribution in [-0.4, -0.2) is 17.0 Å². The minimum Gasteiger partial charge on any atom is -0.393 e. The molecule has 2 heteroatoms. The second-order valence-electron chi connectivity index (χ2n) is 11.3. The van der Waals surface area contributed by atoms with E-state index in [9.17, 15) is 9.90 Å². The van der Waals surface area contributed by atoms with Gasteiger partial charge in [-0.2, -0.15) is 0 Å². The van der Waals surface area contributed by atoms with Crippen molar-refractivity contribution in [1.82, 2.24) is 0 Å². The summed E-state index contributed by atoms with van der Waals surface area (Å²) in [5.41, 5.74) is 2.07. The zero-order valence-corrected chi connectivity index (χ0v) is 17.6. The normalized spacial score (nSPS) is 54.2. The molecule has 0 spiro atoms. The van der Waals surface area contributed by atoms with E-state index in [1.165, 1.54) is 44.9 Å². The van der Waals surface area contributed by atoms with E-state index in [0.717, 1.165) is 43.4 Å². The van der Waals surface area contributed by atoms with Crippen LogP contribution in [0.2, 0.25) is 0 Å². The van der Waals surface area contributed by atoms with Crippen molar-refractivity contribution in [2.75, 3.05) is 0 Å². The molecule has 1 N–H and O–H groups in total. The number of carbonyl (C=O) groups is 1. The maximum absolute atomic E-state index is 13.1. The molecule has 0 aromatic rings. The quantitative estimate of drug-likeness (QED) is 0.602. The molecule has 0 unspecified atom stereocenters. The lowest BCUT2D eigenvalue weighted by atomic mass is 9.44. The minimum atomic E-state index is -0.120. The third kappa shape index (κ3) is 2.20. The van der Waals surface area contributed by atoms with Crippen LogP contribution in [0.4, 0.5) is 0 Å². The van der Waals surface area contributed by atoms with Crippen LogP contribution < -0.4 is 0 Å². The number of allylic oxidation sites excluding steroid dienone is 1. The average Bonchev–Trinajstić information content (AvgIpc) is 2.92. The lowest BCUT2D eigenvalue weighted by molar-refractivity contribution is -0.147. The first-order valence-electron chi connectivity index (χ1n) is 11.7. The van der Waals surface area contributed by atoms with Gasteiger partial charge in [-0.05, 0) is 99.2 Å². The Labute approximate surface area is 165 Å². The Balaban J connectivity index is 1.54. The number of ketones is 1. The summed E-state index contributed by atoms with van der Waals surface area (Å²) in [5.74, 6) is 3.41. The van der Waals surface area contributed by atoms with Crippen molar-refractivity contribution in [2.45, 2.75) is 97.5 Å². The summed E-state index contributed by atoms with van der Waals surface area (Å²) in [4.78, 5) is 13.1. The van der Waals surface area contributed by atoms with Crippen molar-refractivity contribution in [3.63, 3.8) is 0 Å². The standard InChI is InChI=1S/C25H38O2/c1-16(26)25-11-5-4-6-18(25)15-22-20-8-7-17-14-19(27)9-12-23(17,2)21(20)10-13-24(22,25)3/h7,18-22,27H,4-6,8-15H2,1-3H3/t18-,19+,20-,21-,22+,23+,24+,25+/m1/s1. The summed E-state index contributed by atoms with van der Waals surface area (Å²) in [7, 11) is 0. The first-order chi connectivity index (χ1) is 12.8. The van der Waals surface area contributed by atoms with Crippen molar-refractivity contribution >= 4 is 5.78 Å². The van der Waals surface area contributed by atoms with Crippen molar-refractivity contribution in [3.05, 3.63) is 11.6 Å². The first kappa shape index (κ1) is 18.4. The lowest BCUT2D eigenvalue weighted by Gasteiger charge is -2.60. The number of rotatable bonds is 1. The van der Waals surface area contributed by atoms with Crippen molar-refractivity contribution in [2.24, 2.45) is 39.9 Å². The highest BCUT2D eigenvalue weighted by molar-refractivity contribution is 5.84. The fraction of sp³-hybridized carbons (Fsp3) is 0.880. The number of hydrogen-bond donors (Lipinski definition) is 1. The summed E-state index contributed by atoms with van der Waals surface area (Å²) in [5, 5.41) is 10.2. The van der Waals surface area contributed by atoms with Gasteiger partial charge in [-0.3, -0.25) is 4.79 Å². The van der Waals surface area contributed by atoms with Gasteiger partial charge in [0.15, 0.2) is 0 Å². The zero-order chi connectivity index (χ0) is 19.0. The highest BCUT2D eigenvalue weighted by atomic mass is 16.3. The van der Waals surface area contributed by atoms with Gasteiger partial charge < -0.3 is 5.11 Å². The molecule has 0 amide bonds. The second kappa shape index (κ2) is 5.94. The molecule has 0 saturated heterocycles. The molecule has 2 nitrogen and oxygen atoms in total. The van der Waals surface area contributed by atoms with Gasteiger partial charge in [-0.25, -0.2) is 0 Å². The number of aliphatic hydroxyl groups is 1. The van der Waals surface area contributed by atoms with Gasteiger partial charge in [0, 0.05) is 5.41 Å². The van der Waals surface area contributed by atoms with E-state index >= 15 is 0 Å². The van der Waals surface area contributed by atoms with Crippen LogP contribution in [0.5, 0.6) is 0 Å². The van der Waals surface area contributed by atoms with Crippen LogP contribution in [0.3, 0.4) is 0 Å². The summed E-state index contributed by atoms with van der Waals surface area (Å²) < 4.78 is 0. The molecular weight excluding hydrogens is 332 g/mol. The number of hydrogen-bond acceptors (Lipinski definition) is 2. The van der Waals surface area contributed by atoms with Crippen LogP contribution in [-0.2, 0) is 4.79 Å². The van der Waals surface area contributed by atoms with Crippen molar-refractivity contribution < 1.29 is 9.90 Å². The number of aliphatic hydroxyl groups excluding tert-OH is 1. The Hall–Kier alpha value is -0.630. The summed E-state index contributed by atoms with van der Waals surface area (Å²) >= 11 is 0. The van der Waals surface area contributed by atoms with E-state index in [1.54, 1.807) is 5.57 Å². The van der Waals surface area contributed by atoms with E-state index in [4.69, 9.17) is 0 Å². The molecule has 5 aliphatic carbocycles. The van der Waals surface area contributed by atoms with E-state index in [-0.39, 0.29) is 16.9 Å². The number of Topliss-reactive ketones (excluding diaryl/α,β-unsaturated/α-hetero) is 1. The minimum absolute atomic E-state index is 0.0193. The van der Waals surface area contributed by atoms with Crippen LogP contribution in [0.15, 0.2) is 11.6 Å². The second-order valence-corrected chi connectivity index (χ2v) is 11.3. The van der Waals surface area contributed by atoms with Crippen LogP contribution >= 0.6 is 0 Å². The molecule has 5 rings (SSSR count). The van der Waals surface area contributed by atoms with Crippen LogP contribution in [0, 0.1) is 39.9 Å². The van der Waals surface area contributed by atoms with Gasteiger partial charge in [0.25, 0.3) is 0 Å². The molecule has 150 valence electrons. The molecular formula is C25H38O2. The van der Waals surface area contributed by atoms with Gasteiger partial charge in [-0.15, -0.1) is 0 Å². The van der Waals surface area contributed by atoms with Crippen molar-refractivity contribution in [1.29, 1.82) is 0 Å². The zero-order valence-electron chi connectivity index (χ0n) is 17.6. The summed E-state index contributed by atoms with van der Waals surface area (Å²) in [6, 6.07) is 0. The maximum atomic E-state index is 13.1. The fourth-order valence-corrected chi connectivity index (χ4v) is 9.44. The largest absolute Gasteiger partial charge is 0.393 e. The average molecular weight is 371 g/mol. The Bertz CT molecular complexity index is 680. The molecule has 8 atom stereocenters. The molecule has 0 bridgehead atoms. The Morgan fingerprint density at radius 2 is 1.89 bits per heavy atom. The molecule has 0 heterocycles. The molecule has 0 aliphatic heterocycles. The Kier molecular flexibility index (Phi) is 4.05. The molecule has 4 saturated carbocycles. The number of carbonyl (C=O) groups excluding carboxylic acids is 1. The number of fused-ring (bicyclic) bond motifs is 7. The van der Waals surface area contributed by atoms with Gasteiger partial charge in [0.2, 0.25) is 0 Å². The van der Waals surface area contributed by atoms with Crippen LogP contribution in [0.1, 0.15) is 91.4 Å². The smallest absolute Gasteiger partial charge is 0.136 e. The van der Waals surface area contributed by atoms with Gasteiger partial charge in [0.1, 0.15) is 5.78 Å². The van der Waals surface area contributed by atoms with Gasteiger partial charge >= 0.3 is 0 Å². The highest BCUT2D eigenvalue weighted by Crippen LogP contribution is 2.73. The van der Waals surface area contributed by atoms with E-state index in [2.05, 4.69) is 19.9 Å².